The standard InChI is InChI=1S/C15H15BrClN3S/c1-15(12-5-4-10(16)7-13(12)17)9-19-14(18)20(15)8-11-3-2-6-21-11/h2-7H,8-9H2,1H3,(H2,18,19). The van der Waals surface area contributed by atoms with Gasteiger partial charge in [-0.05, 0) is 36.1 Å². The Morgan fingerprint density at radius 2 is 2.29 bits per heavy atom. The van der Waals surface area contributed by atoms with E-state index in [4.69, 9.17) is 17.3 Å². The summed E-state index contributed by atoms with van der Waals surface area (Å²) in [4.78, 5) is 7.84. The summed E-state index contributed by atoms with van der Waals surface area (Å²) < 4.78 is 0.969. The minimum atomic E-state index is -0.314. The van der Waals surface area contributed by atoms with E-state index < -0.39 is 0 Å². The van der Waals surface area contributed by atoms with Crippen LogP contribution in [0.3, 0.4) is 0 Å². The van der Waals surface area contributed by atoms with Crippen LogP contribution in [-0.2, 0) is 12.1 Å². The molecule has 0 bridgehead atoms. The Balaban J connectivity index is 1.98. The lowest BCUT2D eigenvalue weighted by Crippen LogP contribution is -2.46. The van der Waals surface area contributed by atoms with Crippen LogP contribution >= 0.6 is 38.9 Å². The van der Waals surface area contributed by atoms with E-state index >= 15 is 0 Å². The van der Waals surface area contributed by atoms with Crippen molar-refractivity contribution in [3.63, 3.8) is 0 Å². The van der Waals surface area contributed by atoms with Crippen LogP contribution in [0.5, 0.6) is 0 Å². The van der Waals surface area contributed by atoms with Gasteiger partial charge in [0.05, 0.1) is 18.6 Å². The summed E-state index contributed by atoms with van der Waals surface area (Å²) >= 11 is 11.6. The third-order valence-electron chi connectivity index (χ3n) is 3.83. The second-order valence-corrected chi connectivity index (χ2v) is 7.59. The average Bonchev–Trinajstić information content (AvgIpc) is 3.03. The number of rotatable bonds is 3. The van der Waals surface area contributed by atoms with E-state index in [0.29, 0.717) is 12.5 Å². The predicted octanol–water partition coefficient (Wildman–Crippen LogP) is 4.21. The minimum absolute atomic E-state index is 0.314. The molecule has 2 heterocycles. The van der Waals surface area contributed by atoms with Crippen LogP contribution in [0.15, 0.2) is 45.2 Å². The van der Waals surface area contributed by atoms with Crippen molar-refractivity contribution < 1.29 is 0 Å². The van der Waals surface area contributed by atoms with Gasteiger partial charge in [0.15, 0.2) is 5.96 Å². The van der Waals surface area contributed by atoms with E-state index in [1.807, 2.05) is 24.3 Å². The number of benzene rings is 1. The Labute approximate surface area is 141 Å². The van der Waals surface area contributed by atoms with Crippen molar-refractivity contribution in [2.24, 2.45) is 10.7 Å². The molecule has 21 heavy (non-hydrogen) atoms. The summed E-state index contributed by atoms with van der Waals surface area (Å²) in [5.41, 5.74) is 6.85. The monoisotopic (exact) mass is 383 g/mol. The molecule has 0 aliphatic carbocycles. The maximum atomic E-state index is 6.45. The molecule has 3 nitrogen and oxygen atoms in total. The fraction of sp³-hybridized carbons (Fsp3) is 0.267. The highest BCUT2D eigenvalue weighted by Crippen LogP contribution is 2.39. The van der Waals surface area contributed by atoms with Crippen LogP contribution in [0.2, 0.25) is 5.02 Å². The first kappa shape index (κ1) is 14.9. The number of halogens is 2. The molecule has 0 saturated carbocycles. The number of aliphatic imine (C=N–C) groups is 1. The van der Waals surface area contributed by atoms with E-state index in [1.165, 1.54) is 4.88 Å². The smallest absolute Gasteiger partial charge is 0.192 e. The molecule has 1 aliphatic heterocycles. The second-order valence-electron chi connectivity index (χ2n) is 5.24. The average molecular weight is 385 g/mol. The lowest BCUT2D eigenvalue weighted by Gasteiger charge is -2.37. The lowest BCUT2D eigenvalue weighted by atomic mass is 9.91. The van der Waals surface area contributed by atoms with Crippen molar-refractivity contribution in [3.05, 3.63) is 55.6 Å². The van der Waals surface area contributed by atoms with Crippen LogP contribution in [0, 0.1) is 0 Å². The van der Waals surface area contributed by atoms with Gasteiger partial charge in [-0.3, -0.25) is 4.99 Å². The first-order valence-corrected chi connectivity index (χ1v) is 8.61. The normalized spacial score (nSPS) is 21.7. The van der Waals surface area contributed by atoms with Gasteiger partial charge in [0.2, 0.25) is 0 Å². The zero-order valence-corrected chi connectivity index (χ0v) is 14.7. The SMILES string of the molecule is CC1(c2ccc(Br)cc2Cl)CN=C(N)N1Cc1cccs1. The van der Waals surface area contributed by atoms with Crippen molar-refractivity contribution in [1.82, 2.24) is 4.90 Å². The topological polar surface area (TPSA) is 41.6 Å². The molecule has 0 amide bonds. The molecule has 3 rings (SSSR count). The second kappa shape index (κ2) is 5.63. The quantitative estimate of drug-likeness (QED) is 0.861. The highest BCUT2D eigenvalue weighted by molar-refractivity contribution is 9.10. The van der Waals surface area contributed by atoms with E-state index in [-0.39, 0.29) is 5.54 Å². The highest BCUT2D eigenvalue weighted by atomic mass is 79.9. The van der Waals surface area contributed by atoms with Crippen LogP contribution in [-0.4, -0.2) is 17.4 Å². The summed E-state index contributed by atoms with van der Waals surface area (Å²) in [6.07, 6.45) is 0. The van der Waals surface area contributed by atoms with Crippen LogP contribution in [0.4, 0.5) is 0 Å². The lowest BCUT2D eigenvalue weighted by molar-refractivity contribution is 0.219. The summed E-state index contributed by atoms with van der Waals surface area (Å²) in [5, 5.41) is 2.80. The molecule has 1 aliphatic rings. The number of nitrogens with zero attached hydrogens (tertiary/aromatic N) is 2. The number of hydrogen-bond donors (Lipinski definition) is 1. The molecule has 1 atom stereocenters. The molecular formula is C15H15BrClN3S. The van der Waals surface area contributed by atoms with Crippen molar-refractivity contribution in [2.75, 3.05) is 6.54 Å². The maximum absolute atomic E-state index is 6.45. The van der Waals surface area contributed by atoms with Gasteiger partial charge in [-0.2, -0.15) is 0 Å². The van der Waals surface area contributed by atoms with Crippen molar-refractivity contribution in [2.45, 2.75) is 19.0 Å². The largest absolute Gasteiger partial charge is 0.370 e. The van der Waals surface area contributed by atoms with E-state index in [1.54, 1.807) is 11.3 Å². The van der Waals surface area contributed by atoms with Gasteiger partial charge >= 0.3 is 0 Å². The third kappa shape index (κ3) is 2.70. The number of guanidine groups is 1. The summed E-state index contributed by atoms with van der Waals surface area (Å²) in [5.74, 6) is 0.574. The van der Waals surface area contributed by atoms with Gasteiger partial charge < -0.3 is 10.6 Å². The maximum Gasteiger partial charge on any atom is 0.192 e. The fourth-order valence-corrected chi connectivity index (χ4v) is 4.20. The molecule has 1 aromatic carbocycles. The number of nitrogens with two attached hydrogens (primary N) is 1. The Bertz CT molecular complexity index is 686. The van der Waals surface area contributed by atoms with Gasteiger partial charge in [0.25, 0.3) is 0 Å². The molecule has 0 fully saturated rings. The fourth-order valence-electron chi connectivity index (χ4n) is 2.63. The first-order chi connectivity index (χ1) is 10.0. The Kier molecular flexibility index (Phi) is 3.99. The summed E-state index contributed by atoms with van der Waals surface area (Å²) in [6.45, 7) is 3.50. The Morgan fingerprint density at radius 1 is 1.48 bits per heavy atom. The number of hydrogen-bond acceptors (Lipinski definition) is 4. The van der Waals surface area contributed by atoms with Crippen LogP contribution in [0.1, 0.15) is 17.4 Å². The highest BCUT2D eigenvalue weighted by Gasteiger charge is 2.40. The zero-order chi connectivity index (χ0) is 15.0. The molecule has 0 saturated heterocycles. The van der Waals surface area contributed by atoms with Gasteiger partial charge in [-0.1, -0.05) is 39.7 Å². The van der Waals surface area contributed by atoms with Gasteiger partial charge in [0, 0.05) is 14.4 Å². The molecule has 0 spiro atoms. The van der Waals surface area contributed by atoms with E-state index in [9.17, 15) is 0 Å². The molecule has 110 valence electrons. The van der Waals surface area contributed by atoms with E-state index in [2.05, 4.69) is 44.2 Å². The molecule has 1 unspecified atom stereocenters. The van der Waals surface area contributed by atoms with Crippen molar-refractivity contribution in [3.8, 4) is 0 Å². The molecule has 0 radical (unpaired) electrons. The third-order valence-corrected chi connectivity index (χ3v) is 5.49. The summed E-state index contributed by atoms with van der Waals surface area (Å²) in [7, 11) is 0. The number of thiophene rings is 1. The molecular weight excluding hydrogens is 370 g/mol. The molecule has 6 heteroatoms. The first-order valence-electron chi connectivity index (χ1n) is 6.56. The minimum Gasteiger partial charge on any atom is -0.370 e. The Morgan fingerprint density at radius 3 is 2.95 bits per heavy atom. The van der Waals surface area contributed by atoms with Crippen molar-refractivity contribution in [1.29, 1.82) is 0 Å². The van der Waals surface area contributed by atoms with Crippen LogP contribution < -0.4 is 5.73 Å². The van der Waals surface area contributed by atoms with Gasteiger partial charge in [-0.25, -0.2) is 0 Å². The van der Waals surface area contributed by atoms with E-state index in [0.717, 1.165) is 21.6 Å². The molecule has 2 aromatic rings. The summed E-state index contributed by atoms with van der Waals surface area (Å²) in [6, 6.07) is 10.1. The molecule has 2 N–H and O–H groups in total. The Hall–Kier alpha value is -1.04. The predicted molar refractivity (Wildman–Crippen MR) is 92.9 cm³/mol. The zero-order valence-electron chi connectivity index (χ0n) is 11.5. The van der Waals surface area contributed by atoms with Gasteiger partial charge in [-0.15, -0.1) is 11.3 Å². The van der Waals surface area contributed by atoms with Crippen molar-refractivity contribution >= 4 is 44.8 Å². The van der Waals surface area contributed by atoms with Crippen LogP contribution in [0.25, 0.3) is 0 Å². The van der Waals surface area contributed by atoms with Gasteiger partial charge in [0.1, 0.15) is 0 Å². The molecule has 1 aromatic heterocycles.